The van der Waals surface area contributed by atoms with Crippen molar-refractivity contribution in [1.29, 1.82) is 0 Å². The van der Waals surface area contributed by atoms with E-state index in [0.717, 1.165) is 31.4 Å². The highest BCUT2D eigenvalue weighted by Gasteiger charge is 2.38. The van der Waals surface area contributed by atoms with Gasteiger partial charge >= 0.3 is 0 Å². The van der Waals surface area contributed by atoms with E-state index in [1.165, 1.54) is 0 Å². The van der Waals surface area contributed by atoms with E-state index in [0.29, 0.717) is 11.7 Å². The molecule has 1 aromatic heterocycles. The van der Waals surface area contributed by atoms with E-state index in [9.17, 15) is 5.11 Å². The third-order valence-corrected chi connectivity index (χ3v) is 3.79. The van der Waals surface area contributed by atoms with Gasteiger partial charge in [-0.1, -0.05) is 24.2 Å². The molecule has 1 fully saturated rings. The Hall–Kier alpha value is -1.88. The highest BCUT2D eigenvalue weighted by atomic mass is 16.5. The first-order valence-electron chi connectivity index (χ1n) is 6.62. The number of nitrogens with zero attached hydrogens (tertiary/aromatic N) is 2. The van der Waals surface area contributed by atoms with Crippen LogP contribution in [0.25, 0.3) is 11.4 Å². The summed E-state index contributed by atoms with van der Waals surface area (Å²) in [7, 11) is 0. The van der Waals surface area contributed by atoms with Crippen LogP contribution in [-0.2, 0) is 5.54 Å². The molecule has 0 saturated carbocycles. The van der Waals surface area contributed by atoms with Gasteiger partial charge in [0.15, 0.2) is 0 Å². The summed E-state index contributed by atoms with van der Waals surface area (Å²) in [6.07, 6.45) is 3.07. The number of rotatable bonds is 3. The van der Waals surface area contributed by atoms with E-state index in [1.54, 1.807) is 18.2 Å². The van der Waals surface area contributed by atoms with Crippen molar-refractivity contribution in [3.8, 4) is 17.1 Å². The van der Waals surface area contributed by atoms with Gasteiger partial charge in [-0.3, -0.25) is 0 Å². The molecular weight excluding hydrogens is 242 g/mol. The molecule has 2 N–H and O–H groups in total. The number of hydrogen-bond donors (Lipinski definition) is 2. The van der Waals surface area contributed by atoms with Crippen LogP contribution in [-0.4, -0.2) is 21.8 Å². The van der Waals surface area contributed by atoms with E-state index in [-0.39, 0.29) is 11.3 Å². The molecule has 5 heteroatoms. The summed E-state index contributed by atoms with van der Waals surface area (Å²) in [6.45, 7) is 3.11. The van der Waals surface area contributed by atoms with Gasteiger partial charge in [0.25, 0.3) is 0 Å². The molecule has 1 unspecified atom stereocenters. The smallest absolute Gasteiger partial charge is 0.247 e. The van der Waals surface area contributed by atoms with Crippen LogP contribution in [0.2, 0.25) is 0 Å². The normalized spacial score (nSPS) is 22.8. The first-order valence-corrected chi connectivity index (χ1v) is 6.62. The Kier molecular flexibility index (Phi) is 2.98. The molecule has 0 spiro atoms. The van der Waals surface area contributed by atoms with Gasteiger partial charge in [0.1, 0.15) is 5.75 Å². The Morgan fingerprint density at radius 2 is 2.37 bits per heavy atom. The summed E-state index contributed by atoms with van der Waals surface area (Å²) >= 11 is 0. The molecule has 5 nitrogen and oxygen atoms in total. The summed E-state index contributed by atoms with van der Waals surface area (Å²) in [4.78, 5) is 4.50. The van der Waals surface area contributed by atoms with Crippen molar-refractivity contribution in [2.24, 2.45) is 0 Å². The second kappa shape index (κ2) is 4.66. The fourth-order valence-electron chi connectivity index (χ4n) is 2.62. The third kappa shape index (κ3) is 2.10. The fourth-order valence-corrected chi connectivity index (χ4v) is 2.62. The van der Waals surface area contributed by atoms with Crippen LogP contribution in [0.1, 0.15) is 32.1 Å². The van der Waals surface area contributed by atoms with Gasteiger partial charge in [0.05, 0.1) is 5.54 Å². The summed E-state index contributed by atoms with van der Waals surface area (Å²) in [6, 6.07) is 6.88. The van der Waals surface area contributed by atoms with Crippen LogP contribution in [0.3, 0.4) is 0 Å². The van der Waals surface area contributed by atoms with E-state index in [4.69, 9.17) is 4.52 Å². The van der Waals surface area contributed by atoms with Crippen molar-refractivity contribution in [2.75, 3.05) is 6.54 Å². The number of phenolic OH excluding ortho intramolecular Hbond substituents is 1. The average molecular weight is 259 g/mol. The Balaban J connectivity index is 1.95. The molecule has 1 atom stereocenters. The quantitative estimate of drug-likeness (QED) is 0.885. The Bertz CT molecular complexity index is 574. The summed E-state index contributed by atoms with van der Waals surface area (Å²) < 4.78 is 5.43. The minimum absolute atomic E-state index is 0.178. The molecule has 19 heavy (non-hydrogen) atoms. The first kappa shape index (κ1) is 12.2. The third-order valence-electron chi connectivity index (χ3n) is 3.79. The molecule has 2 heterocycles. The van der Waals surface area contributed by atoms with Crippen LogP contribution in [0.4, 0.5) is 0 Å². The SMILES string of the molecule is CCC1(c2nc(-c3cccc(O)c3)no2)CCCN1. The maximum atomic E-state index is 9.49. The fraction of sp³-hybridized carbons (Fsp3) is 0.429. The Labute approximate surface area is 111 Å². The monoisotopic (exact) mass is 259 g/mol. The Morgan fingerprint density at radius 1 is 1.47 bits per heavy atom. The van der Waals surface area contributed by atoms with Gasteiger partial charge in [-0.15, -0.1) is 0 Å². The lowest BCUT2D eigenvalue weighted by Crippen LogP contribution is -2.36. The lowest BCUT2D eigenvalue weighted by Gasteiger charge is -2.22. The van der Waals surface area contributed by atoms with E-state index >= 15 is 0 Å². The largest absolute Gasteiger partial charge is 0.508 e. The zero-order valence-electron chi connectivity index (χ0n) is 10.9. The van der Waals surface area contributed by atoms with Gasteiger partial charge in [-0.2, -0.15) is 4.98 Å². The lowest BCUT2D eigenvalue weighted by molar-refractivity contribution is 0.250. The van der Waals surface area contributed by atoms with Crippen molar-refractivity contribution in [3.63, 3.8) is 0 Å². The van der Waals surface area contributed by atoms with Crippen LogP contribution in [0.15, 0.2) is 28.8 Å². The predicted octanol–water partition coefficient (Wildman–Crippen LogP) is 2.43. The average Bonchev–Trinajstić information content (AvgIpc) is 3.08. The molecule has 1 aliphatic rings. The van der Waals surface area contributed by atoms with E-state index < -0.39 is 0 Å². The summed E-state index contributed by atoms with van der Waals surface area (Å²) in [5.74, 6) is 1.37. The maximum absolute atomic E-state index is 9.49. The second-order valence-electron chi connectivity index (χ2n) is 4.94. The van der Waals surface area contributed by atoms with Crippen molar-refractivity contribution >= 4 is 0 Å². The lowest BCUT2D eigenvalue weighted by atomic mass is 9.94. The van der Waals surface area contributed by atoms with Gasteiger partial charge < -0.3 is 14.9 Å². The van der Waals surface area contributed by atoms with Crippen molar-refractivity contribution in [1.82, 2.24) is 15.5 Å². The molecule has 3 rings (SSSR count). The number of benzene rings is 1. The molecular formula is C14H17N3O2. The van der Waals surface area contributed by atoms with Crippen LogP contribution in [0, 0.1) is 0 Å². The summed E-state index contributed by atoms with van der Waals surface area (Å²) in [5.41, 5.74) is 0.585. The standard InChI is InChI=1S/C14H17N3O2/c1-2-14(7-4-8-15-14)13-16-12(17-19-13)10-5-3-6-11(18)9-10/h3,5-6,9,15,18H,2,4,7-8H2,1H3. The van der Waals surface area contributed by atoms with Crippen LogP contribution >= 0.6 is 0 Å². The summed E-state index contributed by atoms with van der Waals surface area (Å²) in [5, 5.41) is 17.0. The van der Waals surface area contributed by atoms with Gasteiger partial charge in [-0.05, 0) is 37.9 Å². The van der Waals surface area contributed by atoms with Crippen molar-refractivity contribution in [2.45, 2.75) is 31.7 Å². The van der Waals surface area contributed by atoms with Crippen LogP contribution in [0.5, 0.6) is 5.75 Å². The minimum atomic E-state index is -0.178. The molecule has 1 aliphatic heterocycles. The zero-order valence-corrected chi connectivity index (χ0v) is 10.9. The number of hydrogen-bond acceptors (Lipinski definition) is 5. The molecule has 100 valence electrons. The molecule has 0 radical (unpaired) electrons. The molecule has 0 bridgehead atoms. The van der Waals surface area contributed by atoms with E-state index in [1.807, 2.05) is 6.07 Å². The molecule has 1 saturated heterocycles. The van der Waals surface area contributed by atoms with Crippen LogP contribution < -0.4 is 5.32 Å². The topological polar surface area (TPSA) is 71.2 Å². The van der Waals surface area contributed by atoms with Gasteiger partial charge in [0.2, 0.25) is 11.7 Å². The van der Waals surface area contributed by atoms with Gasteiger partial charge in [-0.25, -0.2) is 0 Å². The molecule has 2 aromatic rings. The zero-order chi connectivity index (χ0) is 13.3. The number of aromatic nitrogens is 2. The van der Waals surface area contributed by atoms with Crippen molar-refractivity contribution < 1.29 is 9.63 Å². The van der Waals surface area contributed by atoms with Crippen molar-refractivity contribution in [3.05, 3.63) is 30.2 Å². The number of nitrogens with one attached hydrogen (secondary N) is 1. The van der Waals surface area contributed by atoms with Gasteiger partial charge in [0, 0.05) is 5.56 Å². The minimum Gasteiger partial charge on any atom is -0.508 e. The second-order valence-corrected chi connectivity index (χ2v) is 4.94. The molecule has 0 amide bonds. The molecule has 0 aliphatic carbocycles. The number of aromatic hydroxyl groups is 1. The highest BCUT2D eigenvalue weighted by Crippen LogP contribution is 2.34. The Morgan fingerprint density at radius 3 is 3.05 bits per heavy atom. The highest BCUT2D eigenvalue weighted by molar-refractivity contribution is 5.56. The first-order chi connectivity index (χ1) is 9.23. The predicted molar refractivity (Wildman–Crippen MR) is 70.6 cm³/mol. The number of phenols is 1. The molecule has 1 aromatic carbocycles. The maximum Gasteiger partial charge on any atom is 0.247 e. The van der Waals surface area contributed by atoms with E-state index in [2.05, 4.69) is 22.4 Å².